The van der Waals surface area contributed by atoms with Crippen LogP contribution in [0.25, 0.3) is 0 Å². The lowest BCUT2D eigenvalue weighted by atomic mass is 9.92. The molecule has 2 aliphatic heterocycles. The van der Waals surface area contributed by atoms with E-state index in [2.05, 4.69) is 0 Å². The standard InChI is InChI=1S/C13H20O9/c1-7(14)20-9-5-18-12(6-19-11(3,4)22-12)13(16,17)10(9)21-8(2)15/h9-10,16-17H,5-6H2,1-4H3/t9-,10-,12+/m1/s1. The Morgan fingerprint density at radius 1 is 1.09 bits per heavy atom. The summed E-state index contributed by atoms with van der Waals surface area (Å²) in [5.74, 6) is -7.30. The summed E-state index contributed by atoms with van der Waals surface area (Å²) in [5, 5.41) is 21.0. The normalized spacial score (nSPS) is 36.1. The van der Waals surface area contributed by atoms with Gasteiger partial charge in [-0.15, -0.1) is 0 Å². The van der Waals surface area contributed by atoms with Gasteiger partial charge in [0.15, 0.2) is 18.0 Å². The molecule has 9 nitrogen and oxygen atoms in total. The molecule has 0 unspecified atom stereocenters. The largest absolute Gasteiger partial charge is 0.456 e. The summed E-state index contributed by atoms with van der Waals surface area (Å²) in [6, 6.07) is 0. The monoisotopic (exact) mass is 320 g/mol. The van der Waals surface area contributed by atoms with E-state index < -0.39 is 41.5 Å². The lowest BCUT2D eigenvalue weighted by Crippen LogP contribution is -2.72. The average molecular weight is 320 g/mol. The van der Waals surface area contributed by atoms with Crippen LogP contribution in [0.5, 0.6) is 0 Å². The first-order valence-corrected chi connectivity index (χ1v) is 6.76. The molecule has 126 valence electrons. The van der Waals surface area contributed by atoms with E-state index in [1.54, 1.807) is 13.8 Å². The maximum absolute atomic E-state index is 11.3. The highest BCUT2D eigenvalue weighted by Gasteiger charge is 2.69. The molecular weight excluding hydrogens is 300 g/mol. The highest BCUT2D eigenvalue weighted by Crippen LogP contribution is 2.44. The highest BCUT2D eigenvalue weighted by molar-refractivity contribution is 5.67. The van der Waals surface area contributed by atoms with E-state index in [0.717, 1.165) is 13.8 Å². The van der Waals surface area contributed by atoms with Crippen molar-refractivity contribution in [1.82, 2.24) is 0 Å². The van der Waals surface area contributed by atoms with Crippen molar-refractivity contribution in [3.05, 3.63) is 0 Å². The van der Waals surface area contributed by atoms with Gasteiger partial charge in [-0.3, -0.25) is 9.59 Å². The van der Waals surface area contributed by atoms with Gasteiger partial charge in [0.05, 0.1) is 6.61 Å². The Balaban J connectivity index is 2.32. The molecule has 0 saturated carbocycles. The summed E-state index contributed by atoms with van der Waals surface area (Å²) in [6.07, 6.45) is -2.77. The van der Waals surface area contributed by atoms with Crippen LogP contribution in [0.2, 0.25) is 0 Å². The minimum atomic E-state index is -2.77. The maximum Gasteiger partial charge on any atom is 0.303 e. The van der Waals surface area contributed by atoms with Gasteiger partial charge in [-0.05, 0) is 13.8 Å². The number of esters is 2. The zero-order valence-corrected chi connectivity index (χ0v) is 12.8. The van der Waals surface area contributed by atoms with E-state index in [-0.39, 0.29) is 13.2 Å². The van der Waals surface area contributed by atoms with Crippen molar-refractivity contribution in [1.29, 1.82) is 0 Å². The second kappa shape index (κ2) is 5.43. The van der Waals surface area contributed by atoms with Gasteiger partial charge in [-0.2, -0.15) is 0 Å². The van der Waals surface area contributed by atoms with E-state index in [9.17, 15) is 19.8 Å². The van der Waals surface area contributed by atoms with Crippen molar-refractivity contribution < 1.29 is 43.5 Å². The topological polar surface area (TPSA) is 121 Å². The Kier molecular flexibility index (Phi) is 4.22. The summed E-state index contributed by atoms with van der Waals surface area (Å²) in [4.78, 5) is 22.4. The summed E-state index contributed by atoms with van der Waals surface area (Å²) < 4.78 is 26.1. The third kappa shape index (κ3) is 2.95. The Hall–Kier alpha value is -1.26. The van der Waals surface area contributed by atoms with Crippen molar-refractivity contribution in [2.75, 3.05) is 13.2 Å². The number of hydrogen-bond donors (Lipinski definition) is 2. The minimum absolute atomic E-state index is 0.250. The van der Waals surface area contributed by atoms with E-state index in [4.69, 9.17) is 23.7 Å². The summed E-state index contributed by atoms with van der Waals surface area (Å²) in [7, 11) is 0. The minimum Gasteiger partial charge on any atom is -0.456 e. The second-order valence-electron chi connectivity index (χ2n) is 5.76. The van der Waals surface area contributed by atoms with Gasteiger partial charge in [0, 0.05) is 13.8 Å². The first kappa shape index (κ1) is 17.1. The van der Waals surface area contributed by atoms with Crippen LogP contribution in [0.4, 0.5) is 0 Å². The van der Waals surface area contributed by atoms with Gasteiger partial charge in [0.1, 0.15) is 6.61 Å². The fourth-order valence-corrected chi connectivity index (χ4v) is 2.51. The van der Waals surface area contributed by atoms with Gasteiger partial charge >= 0.3 is 11.9 Å². The summed E-state index contributed by atoms with van der Waals surface area (Å²) in [6.45, 7) is 4.83. The molecule has 0 radical (unpaired) electrons. The number of hydrogen-bond acceptors (Lipinski definition) is 9. The van der Waals surface area contributed by atoms with Crippen molar-refractivity contribution in [3.63, 3.8) is 0 Å². The van der Waals surface area contributed by atoms with E-state index in [0.29, 0.717) is 0 Å². The fourth-order valence-electron chi connectivity index (χ4n) is 2.51. The van der Waals surface area contributed by atoms with Crippen molar-refractivity contribution in [2.45, 2.75) is 57.3 Å². The van der Waals surface area contributed by atoms with Crippen LogP contribution < -0.4 is 0 Å². The SMILES string of the molecule is CC(=O)O[C@@H]1[C@H](OC(C)=O)CO[C@]2(COC(C)(C)O2)C1(O)O. The molecule has 0 bridgehead atoms. The fraction of sp³-hybridized carbons (Fsp3) is 0.846. The van der Waals surface area contributed by atoms with Crippen molar-refractivity contribution >= 4 is 11.9 Å². The van der Waals surface area contributed by atoms with Gasteiger partial charge in [0.25, 0.3) is 11.6 Å². The predicted molar refractivity (Wildman–Crippen MR) is 68.1 cm³/mol. The van der Waals surface area contributed by atoms with E-state index in [1.807, 2.05) is 0 Å². The predicted octanol–water partition coefficient (Wildman–Crippen LogP) is -0.960. The van der Waals surface area contributed by atoms with Crippen LogP contribution in [0, 0.1) is 0 Å². The van der Waals surface area contributed by atoms with Crippen LogP contribution in [0.1, 0.15) is 27.7 Å². The van der Waals surface area contributed by atoms with Gasteiger partial charge in [-0.1, -0.05) is 0 Å². The highest BCUT2D eigenvalue weighted by atomic mass is 16.9. The number of ether oxygens (including phenoxy) is 5. The number of rotatable bonds is 2. The third-order valence-electron chi connectivity index (χ3n) is 3.41. The van der Waals surface area contributed by atoms with Crippen LogP contribution in [0.15, 0.2) is 0 Å². The molecule has 2 rings (SSSR count). The lowest BCUT2D eigenvalue weighted by molar-refractivity contribution is -0.436. The molecule has 0 aliphatic carbocycles. The molecule has 0 aromatic rings. The van der Waals surface area contributed by atoms with Crippen LogP contribution >= 0.6 is 0 Å². The summed E-state index contributed by atoms with van der Waals surface area (Å²) >= 11 is 0. The number of carbonyl (C=O) groups excluding carboxylic acids is 2. The smallest absolute Gasteiger partial charge is 0.303 e. The molecule has 9 heteroatoms. The lowest BCUT2D eigenvalue weighted by Gasteiger charge is -2.48. The third-order valence-corrected chi connectivity index (χ3v) is 3.41. The second-order valence-corrected chi connectivity index (χ2v) is 5.76. The van der Waals surface area contributed by atoms with Crippen molar-refractivity contribution in [2.24, 2.45) is 0 Å². The Morgan fingerprint density at radius 3 is 2.14 bits per heavy atom. The molecular formula is C13H20O9. The van der Waals surface area contributed by atoms with Crippen LogP contribution in [0.3, 0.4) is 0 Å². The van der Waals surface area contributed by atoms with Crippen LogP contribution in [-0.4, -0.2) is 64.9 Å². The first-order chi connectivity index (χ1) is 9.99. The Bertz CT molecular complexity index is 472. The quantitative estimate of drug-likeness (QED) is 0.489. The maximum atomic E-state index is 11.3. The van der Waals surface area contributed by atoms with Gasteiger partial charge < -0.3 is 33.9 Å². The first-order valence-electron chi connectivity index (χ1n) is 6.76. The van der Waals surface area contributed by atoms with Gasteiger partial charge in [0.2, 0.25) is 0 Å². The van der Waals surface area contributed by atoms with Gasteiger partial charge in [-0.25, -0.2) is 0 Å². The molecule has 2 aliphatic rings. The Labute approximate surface area is 127 Å². The molecule has 2 N–H and O–H groups in total. The average Bonchev–Trinajstić information content (AvgIpc) is 2.66. The summed E-state index contributed by atoms with van der Waals surface area (Å²) in [5.41, 5.74) is 0. The molecule has 0 aromatic carbocycles. The zero-order valence-electron chi connectivity index (χ0n) is 12.8. The molecule has 3 atom stereocenters. The molecule has 1 spiro atoms. The molecule has 2 saturated heterocycles. The van der Waals surface area contributed by atoms with E-state index >= 15 is 0 Å². The number of aliphatic hydroxyl groups is 2. The number of carbonyl (C=O) groups is 2. The van der Waals surface area contributed by atoms with Crippen LogP contribution in [-0.2, 0) is 33.3 Å². The molecule has 2 fully saturated rings. The van der Waals surface area contributed by atoms with E-state index in [1.165, 1.54) is 0 Å². The molecule has 0 aromatic heterocycles. The molecule has 22 heavy (non-hydrogen) atoms. The van der Waals surface area contributed by atoms with Crippen molar-refractivity contribution in [3.8, 4) is 0 Å². The molecule has 0 amide bonds. The molecule has 2 heterocycles. The zero-order chi connectivity index (χ0) is 16.8. The Morgan fingerprint density at radius 2 is 1.68 bits per heavy atom.